The van der Waals surface area contributed by atoms with Crippen LogP contribution in [-0.4, -0.2) is 36.5 Å². The van der Waals surface area contributed by atoms with Gasteiger partial charge in [0.1, 0.15) is 0 Å². The van der Waals surface area contributed by atoms with Gasteiger partial charge in [-0.05, 0) is 6.42 Å². The molecular weight excluding hydrogens is 431 g/mol. The molecule has 30 heavy (non-hydrogen) atoms. The SMILES string of the molecule is CCCCCCCCCCCCOC(=O)CCC(F)(F)C(F)(F)C(F)(F)C(F)(F)F. The number of unbranched alkanes of at least 4 members (excludes halogenated alkanes) is 9. The molecule has 0 rings (SSSR count). The van der Waals surface area contributed by atoms with Gasteiger partial charge in [0.15, 0.2) is 0 Å². The molecule has 0 aliphatic carbocycles. The van der Waals surface area contributed by atoms with Crippen LogP contribution >= 0.6 is 0 Å². The van der Waals surface area contributed by atoms with Gasteiger partial charge in [-0.2, -0.15) is 39.5 Å². The number of hydrogen-bond acceptors (Lipinski definition) is 2. The summed E-state index contributed by atoms with van der Waals surface area (Å²) in [5.74, 6) is -20.8. The lowest BCUT2D eigenvalue weighted by atomic mass is 10.00. The zero-order valence-corrected chi connectivity index (χ0v) is 16.9. The fourth-order valence-electron chi connectivity index (χ4n) is 2.67. The molecule has 0 radical (unpaired) electrons. The summed E-state index contributed by atoms with van der Waals surface area (Å²) >= 11 is 0. The molecule has 0 N–H and O–H groups in total. The molecule has 180 valence electrons. The Balaban J connectivity index is 4.11. The Labute approximate surface area is 170 Å². The van der Waals surface area contributed by atoms with Crippen molar-refractivity contribution in [3.63, 3.8) is 0 Å². The van der Waals surface area contributed by atoms with Gasteiger partial charge in [-0.3, -0.25) is 4.79 Å². The lowest BCUT2D eigenvalue weighted by Gasteiger charge is -2.33. The summed E-state index contributed by atoms with van der Waals surface area (Å²) < 4.78 is 119. The number of carbonyl (C=O) groups excluding carboxylic acids is 1. The first-order chi connectivity index (χ1) is 13.7. The normalized spacial score (nSPS) is 13.5. The number of halogens is 9. The highest BCUT2D eigenvalue weighted by atomic mass is 19.4. The third kappa shape index (κ3) is 8.91. The number of ether oxygens (including phenoxy) is 1. The Bertz CT molecular complexity index is 491. The summed E-state index contributed by atoms with van der Waals surface area (Å²) in [6.45, 7) is 1.95. The zero-order chi connectivity index (χ0) is 23.5. The third-order valence-corrected chi connectivity index (χ3v) is 4.61. The highest BCUT2D eigenvalue weighted by molar-refractivity contribution is 5.69. The molecule has 0 heterocycles. The Morgan fingerprint density at radius 2 is 1.10 bits per heavy atom. The van der Waals surface area contributed by atoms with Gasteiger partial charge in [0.2, 0.25) is 0 Å². The standard InChI is InChI=1S/C19H29F9O2/c1-2-3-4-5-6-7-8-9-10-11-14-30-15(29)12-13-16(20,21)17(22,23)18(24,25)19(26,27)28/h2-14H2,1H3. The van der Waals surface area contributed by atoms with Crippen molar-refractivity contribution in [3.05, 3.63) is 0 Å². The summed E-state index contributed by atoms with van der Waals surface area (Å²) in [6, 6.07) is 0. The predicted octanol–water partition coefficient (Wildman–Crippen LogP) is 7.70. The molecule has 0 amide bonds. The topological polar surface area (TPSA) is 26.3 Å². The van der Waals surface area contributed by atoms with Gasteiger partial charge in [0.25, 0.3) is 0 Å². The van der Waals surface area contributed by atoms with Crippen molar-refractivity contribution in [1.82, 2.24) is 0 Å². The van der Waals surface area contributed by atoms with Crippen LogP contribution in [0.25, 0.3) is 0 Å². The van der Waals surface area contributed by atoms with Crippen LogP contribution in [0.15, 0.2) is 0 Å². The molecule has 0 aliphatic heterocycles. The fourth-order valence-corrected chi connectivity index (χ4v) is 2.67. The maximum Gasteiger partial charge on any atom is 0.460 e. The number of hydrogen-bond donors (Lipinski definition) is 0. The Kier molecular flexibility index (Phi) is 12.1. The molecule has 0 aromatic carbocycles. The van der Waals surface area contributed by atoms with E-state index in [1.54, 1.807) is 0 Å². The van der Waals surface area contributed by atoms with E-state index < -0.39 is 42.8 Å². The van der Waals surface area contributed by atoms with E-state index in [2.05, 4.69) is 11.7 Å². The second-order valence-electron chi connectivity index (χ2n) is 7.25. The second-order valence-corrected chi connectivity index (χ2v) is 7.25. The van der Waals surface area contributed by atoms with E-state index in [0.29, 0.717) is 12.8 Å². The van der Waals surface area contributed by atoms with Crippen LogP contribution in [0.3, 0.4) is 0 Å². The van der Waals surface area contributed by atoms with E-state index in [0.717, 1.165) is 25.7 Å². The van der Waals surface area contributed by atoms with Crippen molar-refractivity contribution in [1.29, 1.82) is 0 Å². The first-order valence-electron chi connectivity index (χ1n) is 10.1. The molecule has 0 aromatic rings. The van der Waals surface area contributed by atoms with Gasteiger partial charge in [-0.25, -0.2) is 0 Å². The van der Waals surface area contributed by atoms with Crippen molar-refractivity contribution >= 4 is 5.97 Å². The number of rotatable bonds is 16. The van der Waals surface area contributed by atoms with Crippen LogP contribution in [0.4, 0.5) is 39.5 Å². The summed E-state index contributed by atoms with van der Waals surface area (Å²) in [4.78, 5) is 11.3. The van der Waals surface area contributed by atoms with Crippen LogP contribution in [0.5, 0.6) is 0 Å². The highest BCUT2D eigenvalue weighted by Gasteiger charge is 2.81. The van der Waals surface area contributed by atoms with Gasteiger partial charge in [0.05, 0.1) is 13.0 Å². The third-order valence-electron chi connectivity index (χ3n) is 4.61. The molecule has 0 atom stereocenters. The molecular formula is C19H29F9O2. The first-order valence-corrected chi connectivity index (χ1v) is 10.1. The van der Waals surface area contributed by atoms with Crippen molar-refractivity contribution < 1.29 is 49.0 Å². The van der Waals surface area contributed by atoms with Crippen LogP contribution in [0.2, 0.25) is 0 Å². The Hall–Kier alpha value is -1.16. The minimum absolute atomic E-state index is 0.171. The van der Waals surface area contributed by atoms with Crippen LogP contribution in [0.1, 0.15) is 84.0 Å². The monoisotopic (exact) mass is 460 g/mol. The van der Waals surface area contributed by atoms with Crippen LogP contribution in [0, 0.1) is 0 Å². The number of esters is 1. The quantitative estimate of drug-likeness (QED) is 0.134. The average Bonchev–Trinajstić information content (AvgIpc) is 2.63. The molecule has 0 fully saturated rings. The van der Waals surface area contributed by atoms with Crippen molar-refractivity contribution in [2.75, 3.05) is 6.61 Å². The van der Waals surface area contributed by atoms with Gasteiger partial charge < -0.3 is 4.74 Å². The molecule has 11 heteroatoms. The fraction of sp³-hybridized carbons (Fsp3) is 0.947. The average molecular weight is 460 g/mol. The molecule has 0 saturated carbocycles. The first kappa shape index (κ1) is 28.8. The number of carbonyl (C=O) groups is 1. The molecule has 2 nitrogen and oxygen atoms in total. The minimum Gasteiger partial charge on any atom is -0.466 e. The second kappa shape index (κ2) is 12.6. The van der Waals surface area contributed by atoms with E-state index in [1.807, 2.05) is 0 Å². The molecule has 0 bridgehead atoms. The lowest BCUT2D eigenvalue weighted by Crippen LogP contribution is -2.60. The minimum atomic E-state index is -6.94. The molecule has 0 unspecified atom stereocenters. The van der Waals surface area contributed by atoms with Crippen molar-refractivity contribution in [2.45, 2.75) is 108 Å². The van der Waals surface area contributed by atoms with Gasteiger partial charge in [0, 0.05) is 6.42 Å². The summed E-state index contributed by atoms with van der Waals surface area (Å²) in [7, 11) is 0. The van der Waals surface area contributed by atoms with Crippen molar-refractivity contribution in [2.24, 2.45) is 0 Å². The molecule has 0 aliphatic rings. The van der Waals surface area contributed by atoms with E-state index in [1.165, 1.54) is 25.7 Å². The van der Waals surface area contributed by atoms with E-state index in [-0.39, 0.29) is 6.61 Å². The Morgan fingerprint density at radius 1 is 0.667 bits per heavy atom. The van der Waals surface area contributed by atoms with Crippen LogP contribution in [-0.2, 0) is 9.53 Å². The van der Waals surface area contributed by atoms with E-state index in [4.69, 9.17) is 0 Å². The summed E-state index contributed by atoms with van der Waals surface area (Å²) in [6.07, 6.45) is -0.595. The highest BCUT2D eigenvalue weighted by Crippen LogP contribution is 2.54. The Morgan fingerprint density at radius 3 is 1.53 bits per heavy atom. The van der Waals surface area contributed by atoms with Crippen LogP contribution < -0.4 is 0 Å². The maximum absolute atomic E-state index is 13.3. The van der Waals surface area contributed by atoms with E-state index >= 15 is 0 Å². The van der Waals surface area contributed by atoms with Gasteiger partial charge >= 0.3 is 29.9 Å². The van der Waals surface area contributed by atoms with Gasteiger partial charge in [-0.15, -0.1) is 0 Å². The molecule has 0 aromatic heterocycles. The summed E-state index contributed by atoms with van der Waals surface area (Å²) in [5.41, 5.74) is 0. The van der Waals surface area contributed by atoms with E-state index in [9.17, 15) is 44.3 Å². The maximum atomic E-state index is 13.3. The zero-order valence-electron chi connectivity index (χ0n) is 16.9. The van der Waals surface area contributed by atoms with Gasteiger partial charge in [-0.1, -0.05) is 64.7 Å². The number of alkyl halides is 9. The van der Waals surface area contributed by atoms with Crippen molar-refractivity contribution in [3.8, 4) is 0 Å². The smallest absolute Gasteiger partial charge is 0.460 e. The summed E-state index contributed by atoms with van der Waals surface area (Å²) in [5, 5.41) is 0. The lowest BCUT2D eigenvalue weighted by molar-refractivity contribution is -0.396. The predicted molar refractivity (Wildman–Crippen MR) is 92.9 cm³/mol. The molecule has 0 spiro atoms. The molecule has 0 saturated heterocycles. The largest absolute Gasteiger partial charge is 0.466 e.